The number of carbonyl (C=O) groups is 2. The van der Waals surface area contributed by atoms with Gasteiger partial charge in [-0.2, -0.15) is 0 Å². The van der Waals surface area contributed by atoms with Crippen molar-refractivity contribution >= 4 is 11.9 Å². The molecule has 1 aliphatic heterocycles. The first-order valence-electron chi connectivity index (χ1n) is 7.26. The zero-order valence-electron chi connectivity index (χ0n) is 12.6. The van der Waals surface area contributed by atoms with Crippen LogP contribution in [0.4, 0.5) is 4.39 Å². The van der Waals surface area contributed by atoms with Crippen LogP contribution in [0, 0.1) is 11.7 Å². The third-order valence-corrected chi connectivity index (χ3v) is 4.08. The van der Waals surface area contributed by atoms with Crippen molar-refractivity contribution in [2.75, 3.05) is 6.61 Å². The Bertz CT molecular complexity index is 560. The lowest BCUT2D eigenvalue weighted by atomic mass is 9.89. The second-order valence-corrected chi connectivity index (χ2v) is 5.83. The van der Waals surface area contributed by atoms with Gasteiger partial charge >= 0.3 is 5.97 Å². The fourth-order valence-electron chi connectivity index (χ4n) is 2.62. The van der Waals surface area contributed by atoms with Gasteiger partial charge in [-0.05, 0) is 44.4 Å². The number of nitrogens with one attached hydrogen (secondary N) is 1. The summed E-state index contributed by atoms with van der Waals surface area (Å²) in [5.74, 6) is -2.24. The molecule has 3 unspecified atom stereocenters. The number of halogens is 1. The molecule has 0 spiro atoms. The molecule has 22 heavy (non-hydrogen) atoms. The van der Waals surface area contributed by atoms with Gasteiger partial charge in [-0.15, -0.1) is 0 Å². The molecule has 0 saturated carbocycles. The first kappa shape index (κ1) is 16.4. The van der Waals surface area contributed by atoms with Crippen LogP contribution >= 0.6 is 0 Å². The molecule has 1 fully saturated rings. The Hall–Kier alpha value is -1.95. The third kappa shape index (κ3) is 3.44. The van der Waals surface area contributed by atoms with Crippen LogP contribution in [0.5, 0.6) is 0 Å². The monoisotopic (exact) mass is 309 g/mol. The van der Waals surface area contributed by atoms with E-state index in [0.29, 0.717) is 25.0 Å². The summed E-state index contributed by atoms with van der Waals surface area (Å²) in [7, 11) is 0. The Morgan fingerprint density at radius 2 is 2.00 bits per heavy atom. The molecule has 3 atom stereocenters. The Labute approximate surface area is 128 Å². The van der Waals surface area contributed by atoms with Gasteiger partial charge < -0.3 is 15.2 Å². The van der Waals surface area contributed by atoms with Crippen molar-refractivity contribution in [2.45, 2.75) is 38.3 Å². The second kappa shape index (κ2) is 6.44. The van der Waals surface area contributed by atoms with Gasteiger partial charge in [0.25, 0.3) is 0 Å². The first-order valence-corrected chi connectivity index (χ1v) is 7.26. The van der Waals surface area contributed by atoms with E-state index < -0.39 is 17.3 Å². The number of carboxylic acids is 1. The molecule has 0 aliphatic carbocycles. The SMILES string of the molecule is CC1CC(C(=O)NC(C)(C(=O)O)c2ccc(F)cc2)CCO1. The minimum atomic E-state index is -1.59. The number of carbonyl (C=O) groups excluding carboxylic acids is 1. The van der Waals surface area contributed by atoms with Crippen LogP contribution in [0.1, 0.15) is 32.3 Å². The number of hydrogen-bond acceptors (Lipinski definition) is 3. The standard InChI is InChI=1S/C16H20FNO4/c1-10-9-11(7-8-22-10)14(19)18-16(2,15(20)21)12-3-5-13(17)6-4-12/h3-6,10-11H,7-9H2,1-2H3,(H,18,19)(H,20,21). The number of aliphatic carboxylic acids is 1. The summed E-state index contributed by atoms with van der Waals surface area (Å²) in [6.45, 7) is 3.78. The summed E-state index contributed by atoms with van der Waals surface area (Å²) in [6, 6.07) is 5.10. The average Bonchev–Trinajstić information content (AvgIpc) is 2.47. The van der Waals surface area contributed by atoms with Crippen molar-refractivity contribution in [1.29, 1.82) is 0 Å². The highest BCUT2D eigenvalue weighted by Gasteiger charge is 2.39. The normalized spacial score (nSPS) is 24.3. The van der Waals surface area contributed by atoms with Gasteiger partial charge in [-0.3, -0.25) is 4.79 Å². The lowest BCUT2D eigenvalue weighted by molar-refractivity contribution is -0.149. The van der Waals surface area contributed by atoms with Crippen LogP contribution in [0.3, 0.4) is 0 Å². The summed E-state index contributed by atoms with van der Waals surface area (Å²) in [4.78, 5) is 24.1. The number of amides is 1. The van der Waals surface area contributed by atoms with Crippen molar-refractivity contribution in [2.24, 2.45) is 5.92 Å². The highest BCUT2D eigenvalue weighted by Crippen LogP contribution is 2.25. The van der Waals surface area contributed by atoms with Gasteiger partial charge in [0, 0.05) is 12.5 Å². The minimum Gasteiger partial charge on any atom is -0.479 e. The summed E-state index contributed by atoms with van der Waals surface area (Å²) >= 11 is 0. The van der Waals surface area contributed by atoms with E-state index in [1.807, 2.05) is 6.92 Å². The summed E-state index contributed by atoms with van der Waals surface area (Å²) in [5, 5.41) is 12.1. The van der Waals surface area contributed by atoms with Crippen molar-refractivity contribution in [3.8, 4) is 0 Å². The zero-order chi connectivity index (χ0) is 16.3. The van der Waals surface area contributed by atoms with Crippen LogP contribution < -0.4 is 5.32 Å². The molecule has 0 bridgehead atoms. The Morgan fingerprint density at radius 3 is 2.55 bits per heavy atom. The summed E-state index contributed by atoms with van der Waals surface area (Å²) in [6.07, 6.45) is 1.10. The van der Waals surface area contributed by atoms with E-state index in [4.69, 9.17) is 4.74 Å². The quantitative estimate of drug-likeness (QED) is 0.892. The maximum Gasteiger partial charge on any atom is 0.333 e. The molecule has 2 N–H and O–H groups in total. The predicted molar refractivity (Wildman–Crippen MR) is 77.7 cm³/mol. The van der Waals surface area contributed by atoms with E-state index in [1.54, 1.807) is 0 Å². The molecule has 1 aromatic rings. The average molecular weight is 309 g/mol. The highest BCUT2D eigenvalue weighted by molar-refractivity contribution is 5.88. The van der Waals surface area contributed by atoms with E-state index in [-0.39, 0.29) is 17.9 Å². The van der Waals surface area contributed by atoms with Crippen molar-refractivity contribution < 1.29 is 23.8 Å². The topological polar surface area (TPSA) is 75.6 Å². The molecule has 0 radical (unpaired) electrons. The van der Waals surface area contributed by atoms with Crippen LogP contribution in [0.25, 0.3) is 0 Å². The molecule has 6 heteroatoms. The van der Waals surface area contributed by atoms with E-state index in [1.165, 1.54) is 31.2 Å². The van der Waals surface area contributed by atoms with Crippen molar-refractivity contribution in [3.63, 3.8) is 0 Å². The molecule has 1 aromatic carbocycles. The van der Waals surface area contributed by atoms with E-state index in [9.17, 15) is 19.1 Å². The van der Waals surface area contributed by atoms with Crippen LogP contribution in [0.15, 0.2) is 24.3 Å². The zero-order valence-corrected chi connectivity index (χ0v) is 12.6. The van der Waals surface area contributed by atoms with Crippen LogP contribution in [-0.4, -0.2) is 29.7 Å². The molecule has 1 aliphatic rings. The van der Waals surface area contributed by atoms with E-state index >= 15 is 0 Å². The summed E-state index contributed by atoms with van der Waals surface area (Å²) < 4.78 is 18.4. The second-order valence-electron chi connectivity index (χ2n) is 5.83. The maximum atomic E-state index is 13.0. The van der Waals surface area contributed by atoms with Gasteiger partial charge in [-0.25, -0.2) is 9.18 Å². The summed E-state index contributed by atoms with van der Waals surface area (Å²) in [5.41, 5.74) is -1.26. The Balaban J connectivity index is 2.19. The van der Waals surface area contributed by atoms with Crippen molar-refractivity contribution in [3.05, 3.63) is 35.6 Å². The van der Waals surface area contributed by atoms with Gasteiger partial charge in [-0.1, -0.05) is 12.1 Å². The first-order chi connectivity index (χ1) is 10.3. The molecular weight excluding hydrogens is 289 g/mol. The van der Waals surface area contributed by atoms with E-state index in [0.717, 1.165) is 0 Å². The Kier molecular flexibility index (Phi) is 4.81. The molecular formula is C16H20FNO4. The lowest BCUT2D eigenvalue weighted by Gasteiger charge is -2.32. The number of rotatable bonds is 4. The molecule has 2 rings (SSSR count). The Morgan fingerprint density at radius 1 is 1.36 bits per heavy atom. The van der Waals surface area contributed by atoms with Gasteiger partial charge in [0.1, 0.15) is 5.82 Å². The maximum absolute atomic E-state index is 13.0. The largest absolute Gasteiger partial charge is 0.479 e. The highest BCUT2D eigenvalue weighted by atomic mass is 19.1. The predicted octanol–water partition coefficient (Wildman–Crippen LogP) is 2.06. The number of carboxylic acid groups (broad SMARTS) is 1. The van der Waals surface area contributed by atoms with E-state index in [2.05, 4.69) is 5.32 Å². The molecule has 1 amide bonds. The molecule has 5 nitrogen and oxygen atoms in total. The smallest absolute Gasteiger partial charge is 0.333 e. The lowest BCUT2D eigenvalue weighted by Crippen LogP contribution is -2.52. The number of benzene rings is 1. The van der Waals surface area contributed by atoms with Gasteiger partial charge in [0.2, 0.25) is 5.91 Å². The molecule has 1 heterocycles. The minimum absolute atomic E-state index is 0.0218. The fourth-order valence-corrected chi connectivity index (χ4v) is 2.62. The van der Waals surface area contributed by atoms with Crippen LogP contribution in [0.2, 0.25) is 0 Å². The number of hydrogen-bond donors (Lipinski definition) is 2. The number of ether oxygens (including phenoxy) is 1. The van der Waals surface area contributed by atoms with Gasteiger partial charge in [0.05, 0.1) is 6.10 Å². The third-order valence-electron chi connectivity index (χ3n) is 4.08. The van der Waals surface area contributed by atoms with Crippen LogP contribution in [-0.2, 0) is 19.9 Å². The molecule has 0 aromatic heterocycles. The molecule has 120 valence electrons. The fraction of sp³-hybridized carbons (Fsp3) is 0.500. The van der Waals surface area contributed by atoms with Crippen molar-refractivity contribution in [1.82, 2.24) is 5.32 Å². The molecule has 1 saturated heterocycles. The van der Waals surface area contributed by atoms with Gasteiger partial charge in [0.15, 0.2) is 5.54 Å².